The lowest BCUT2D eigenvalue weighted by atomic mass is 10.0. The van der Waals surface area contributed by atoms with Crippen molar-refractivity contribution < 1.29 is 4.42 Å². The van der Waals surface area contributed by atoms with E-state index >= 15 is 0 Å². The summed E-state index contributed by atoms with van der Waals surface area (Å²) in [4.78, 5) is 16.3. The van der Waals surface area contributed by atoms with Crippen molar-refractivity contribution in [1.29, 1.82) is 0 Å². The second-order valence-electron chi connectivity index (χ2n) is 4.27. The predicted molar refractivity (Wildman–Crippen MR) is 66.5 cm³/mol. The van der Waals surface area contributed by atoms with Crippen molar-refractivity contribution in [2.75, 3.05) is 0 Å². The van der Waals surface area contributed by atoms with Crippen LogP contribution in [0.3, 0.4) is 0 Å². The molecule has 0 unspecified atom stereocenters. The number of rotatable bonds is 1. The number of aromatic nitrogens is 1. The average molecular weight is 227 g/mol. The summed E-state index contributed by atoms with van der Waals surface area (Å²) in [5.74, 6) is 0.494. The van der Waals surface area contributed by atoms with E-state index in [-0.39, 0.29) is 5.63 Å². The maximum Gasteiger partial charge on any atom is 0.346 e. The highest BCUT2D eigenvalue weighted by atomic mass is 16.4. The first-order valence-electron chi connectivity index (χ1n) is 5.91. The van der Waals surface area contributed by atoms with E-state index in [1.54, 1.807) is 0 Å². The number of fused-ring (bicyclic) bond motifs is 1. The summed E-state index contributed by atoms with van der Waals surface area (Å²) in [7, 11) is 0. The Morgan fingerprint density at radius 3 is 2.88 bits per heavy atom. The maximum atomic E-state index is 11.8. The average Bonchev–Trinajstić information content (AvgIpc) is 2.40. The Labute approximate surface area is 99.2 Å². The van der Waals surface area contributed by atoms with Crippen LogP contribution >= 0.6 is 0 Å². The molecule has 0 aromatic carbocycles. The predicted octanol–water partition coefficient (Wildman–Crippen LogP) is 2.73. The van der Waals surface area contributed by atoms with Gasteiger partial charge in [-0.25, -0.2) is 9.78 Å². The van der Waals surface area contributed by atoms with Crippen LogP contribution in [0.5, 0.6) is 0 Å². The molecular formula is C14H13NO2. The largest absolute Gasteiger partial charge is 0.403 e. The van der Waals surface area contributed by atoms with Gasteiger partial charge in [-0.1, -0.05) is 24.3 Å². The summed E-state index contributed by atoms with van der Waals surface area (Å²) in [6.07, 6.45) is 13.5. The zero-order chi connectivity index (χ0) is 11.7. The van der Waals surface area contributed by atoms with Gasteiger partial charge in [0.1, 0.15) is 0 Å². The molecule has 2 aliphatic rings. The van der Waals surface area contributed by atoms with Gasteiger partial charge in [0, 0.05) is 5.57 Å². The molecule has 0 N–H and O–H groups in total. The molecule has 0 fully saturated rings. The Morgan fingerprint density at radius 1 is 1.18 bits per heavy atom. The fourth-order valence-corrected chi connectivity index (χ4v) is 2.16. The second kappa shape index (κ2) is 4.17. The van der Waals surface area contributed by atoms with Crippen LogP contribution in [0, 0.1) is 0 Å². The lowest BCUT2D eigenvalue weighted by Gasteiger charge is -2.11. The molecule has 86 valence electrons. The fraction of sp³-hybridized carbons (Fsp3) is 0.286. The van der Waals surface area contributed by atoms with Crippen LogP contribution < -0.4 is 5.63 Å². The standard InChI is InChI=1S/C14H13NO2/c16-14-11-8-4-5-9-12(11)15-13(17-14)10-6-2-1-3-7-10/h1-2,4,6,8H,3,5,7,9H2. The number of aryl methyl sites for hydroxylation is 1. The zero-order valence-electron chi connectivity index (χ0n) is 9.48. The minimum Gasteiger partial charge on any atom is -0.403 e. The molecule has 2 aliphatic carbocycles. The fourth-order valence-electron chi connectivity index (χ4n) is 2.16. The monoisotopic (exact) mass is 227 g/mol. The van der Waals surface area contributed by atoms with Crippen molar-refractivity contribution in [3.8, 4) is 0 Å². The van der Waals surface area contributed by atoms with Crippen LogP contribution in [0.4, 0.5) is 0 Å². The van der Waals surface area contributed by atoms with Gasteiger partial charge in [0.15, 0.2) is 0 Å². The van der Waals surface area contributed by atoms with Crippen LogP contribution in [0.25, 0.3) is 11.6 Å². The molecule has 1 aromatic rings. The van der Waals surface area contributed by atoms with Crippen molar-refractivity contribution in [3.05, 3.63) is 51.9 Å². The van der Waals surface area contributed by atoms with E-state index in [1.165, 1.54) is 0 Å². The lowest BCUT2D eigenvalue weighted by molar-refractivity contribution is 0.465. The molecule has 0 saturated carbocycles. The molecule has 0 atom stereocenters. The molecule has 3 heteroatoms. The second-order valence-corrected chi connectivity index (χ2v) is 4.27. The smallest absolute Gasteiger partial charge is 0.346 e. The quantitative estimate of drug-likeness (QED) is 0.740. The summed E-state index contributed by atoms with van der Waals surface area (Å²) in [5.41, 5.74) is 2.24. The molecule has 0 spiro atoms. The SMILES string of the molecule is O=c1oc(C2=CC=CCC2)nc2c1C=CCC2. The van der Waals surface area contributed by atoms with Gasteiger partial charge in [0.05, 0.1) is 11.3 Å². The van der Waals surface area contributed by atoms with Gasteiger partial charge in [-0.05, 0) is 31.8 Å². The molecule has 0 radical (unpaired) electrons. The summed E-state index contributed by atoms with van der Waals surface area (Å²) in [6.45, 7) is 0. The molecule has 1 heterocycles. The Morgan fingerprint density at radius 2 is 2.06 bits per heavy atom. The van der Waals surface area contributed by atoms with Gasteiger partial charge < -0.3 is 4.42 Å². The molecule has 17 heavy (non-hydrogen) atoms. The summed E-state index contributed by atoms with van der Waals surface area (Å²) < 4.78 is 5.30. The summed E-state index contributed by atoms with van der Waals surface area (Å²) in [5, 5.41) is 0. The molecule has 0 saturated heterocycles. The van der Waals surface area contributed by atoms with Crippen LogP contribution in [0.1, 0.15) is 36.4 Å². The number of allylic oxidation sites excluding steroid dienone is 5. The minimum absolute atomic E-state index is 0.267. The van der Waals surface area contributed by atoms with Gasteiger partial charge in [0.25, 0.3) is 0 Å². The van der Waals surface area contributed by atoms with E-state index in [9.17, 15) is 4.79 Å². The van der Waals surface area contributed by atoms with E-state index in [0.29, 0.717) is 11.5 Å². The highest BCUT2D eigenvalue weighted by molar-refractivity contribution is 5.63. The Balaban J connectivity index is 2.11. The third-order valence-electron chi connectivity index (χ3n) is 3.08. The van der Waals surface area contributed by atoms with E-state index in [4.69, 9.17) is 4.42 Å². The van der Waals surface area contributed by atoms with Crippen molar-refractivity contribution >= 4 is 11.6 Å². The Hall–Kier alpha value is -1.90. The molecule has 1 aromatic heterocycles. The van der Waals surface area contributed by atoms with E-state index < -0.39 is 0 Å². The third kappa shape index (κ3) is 1.88. The lowest BCUT2D eigenvalue weighted by Crippen LogP contribution is -2.14. The van der Waals surface area contributed by atoms with Crippen molar-refractivity contribution in [1.82, 2.24) is 4.98 Å². The first-order chi connectivity index (χ1) is 8.34. The molecule has 0 aliphatic heterocycles. The molecule has 3 nitrogen and oxygen atoms in total. The van der Waals surface area contributed by atoms with Crippen LogP contribution in [0.15, 0.2) is 33.5 Å². The normalized spacial score (nSPS) is 17.8. The molecule has 3 rings (SSSR count). The van der Waals surface area contributed by atoms with Crippen molar-refractivity contribution in [2.24, 2.45) is 0 Å². The van der Waals surface area contributed by atoms with Crippen molar-refractivity contribution in [2.45, 2.75) is 25.7 Å². The minimum atomic E-state index is -0.267. The first kappa shape index (κ1) is 10.3. The van der Waals surface area contributed by atoms with Gasteiger partial charge in [-0.2, -0.15) is 0 Å². The number of hydrogen-bond donors (Lipinski definition) is 0. The van der Waals surface area contributed by atoms with Gasteiger partial charge >= 0.3 is 5.63 Å². The van der Waals surface area contributed by atoms with Gasteiger partial charge in [0.2, 0.25) is 5.89 Å². The first-order valence-corrected chi connectivity index (χ1v) is 5.91. The zero-order valence-corrected chi connectivity index (χ0v) is 9.48. The number of nitrogens with zero attached hydrogens (tertiary/aromatic N) is 1. The van der Waals surface area contributed by atoms with E-state index in [2.05, 4.69) is 11.1 Å². The highest BCUT2D eigenvalue weighted by Gasteiger charge is 2.16. The van der Waals surface area contributed by atoms with Gasteiger partial charge in [-0.3, -0.25) is 0 Å². The van der Waals surface area contributed by atoms with Gasteiger partial charge in [-0.15, -0.1) is 0 Å². The topological polar surface area (TPSA) is 43.1 Å². The number of hydrogen-bond acceptors (Lipinski definition) is 3. The summed E-state index contributed by atoms with van der Waals surface area (Å²) >= 11 is 0. The van der Waals surface area contributed by atoms with Crippen LogP contribution in [-0.2, 0) is 6.42 Å². The summed E-state index contributed by atoms with van der Waals surface area (Å²) in [6, 6.07) is 0. The Kier molecular flexibility index (Phi) is 2.52. The van der Waals surface area contributed by atoms with Crippen LogP contribution in [0.2, 0.25) is 0 Å². The molecule has 0 amide bonds. The van der Waals surface area contributed by atoms with E-state index in [1.807, 2.05) is 24.3 Å². The highest BCUT2D eigenvalue weighted by Crippen LogP contribution is 2.23. The maximum absolute atomic E-state index is 11.8. The molecule has 0 bridgehead atoms. The molecular weight excluding hydrogens is 214 g/mol. The van der Waals surface area contributed by atoms with Crippen LogP contribution in [-0.4, -0.2) is 4.98 Å². The third-order valence-corrected chi connectivity index (χ3v) is 3.08. The van der Waals surface area contributed by atoms with E-state index in [0.717, 1.165) is 37.0 Å². The van der Waals surface area contributed by atoms with Crippen molar-refractivity contribution in [3.63, 3.8) is 0 Å². The Bertz CT molecular complexity index is 591.